The number of aromatic amines is 1. The van der Waals surface area contributed by atoms with Crippen molar-refractivity contribution in [1.82, 2.24) is 35.3 Å². The van der Waals surface area contributed by atoms with Gasteiger partial charge in [-0.3, -0.25) is 0 Å². The zero-order valence-electron chi connectivity index (χ0n) is 12.6. The van der Waals surface area contributed by atoms with Gasteiger partial charge in [-0.05, 0) is 30.3 Å². The molecule has 5 rings (SSSR count). The average Bonchev–Trinajstić information content (AvgIpc) is 3.32. The van der Waals surface area contributed by atoms with E-state index in [2.05, 4.69) is 36.4 Å². The molecule has 0 aliphatic rings. The summed E-state index contributed by atoms with van der Waals surface area (Å²) in [6.07, 6.45) is 3.26. The van der Waals surface area contributed by atoms with Gasteiger partial charge in [0.2, 0.25) is 0 Å². The molecule has 0 bridgehead atoms. The van der Waals surface area contributed by atoms with E-state index in [-0.39, 0.29) is 0 Å². The molecule has 5 aromatic rings. The maximum Gasteiger partial charge on any atom is 0.143 e. The summed E-state index contributed by atoms with van der Waals surface area (Å²) in [5.74, 6) is 0. The maximum atomic E-state index is 4.69. The van der Waals surface area contributed by atoms with Crippen molar-refractivity contribution in [2.24, 2.45) is 0 Å². The van der Waals surface area contributed by atoms with Gasteiger partial charge in [-0.2, -0.15) is 10.3 Å². The Bertz CT molecular complexity index is 1180. The van der Waals surface area contributed by atoms with Crippen LogP contribution in [0, 0.1) is 0 Å². The maximum absolute atomic E-state index is 4.69. The fraction of sp³-hybridized carbons (Fsp3) is 0. The number of thiazole rings is 1. The SMILES string of the molecule is c1nc(-c2ccc3ncsc3n2)c2cc(Sc3cn[nH]n3)ccc2n1. The van der Waals surface area contributed by atoms with Crippen LogP contribution in [0.3, 0.4) is 0 Å². The average molecular weight is 363 g/mol. The zero-order valence-corrected chi connectivity index (χ0v) is 14.3. The van der Waals surface area contributed by atoms with Crippen LogP contribution in [0.25, 0.3) is 32.6 Å². The van der Waals surface area contributed by atoms with Crippen molar-refractivity contribution in [3.8, 4) is 11.4 Å². The first-order chi connectivity index (χ1) is 12.4. The Labute approximate surface area is 149 Å². The van der Waals surface area contributed by atoms with Crippen LogP contribution >= 0.6 is 23.1 Å². The topological polar surface area (TPSA) is 93.1 Å². The number of benzene rings is 1. The van der Waals surface area contributed by atoms with Crippen LogP contribution in [0.1, 0.15) is 0 Å². The van der Waals surface area contributed by atoms with Crippen LogP contribution in [-0.4, -0.2) is 35.3 Å². The van der Waals surface area contributed by atoms with E-state index in [0.29, 0.717) is 0 Å². The molecule has 0 spiro atoms. The summed E-state index contributed by atoms with van der Waals surface area (Å²) in [4.78, 5) is 19.7. The third kappa shape index (κ3) is 2.63. The first kappa shape index (κ1) is 14.4. The van der Waals surface area contributed by atoms with Crippen LogP contribution < -0.4 is 0 Å². The fourth-order valence-corrected chi connectivity index (χ4v) is 3.95. The molecular weight excluding hydrogens is 354 g/mol. The molecule has 120 valence electrons. The van der Waals surface area contributed by atoms with E-state index in [1.165, 1.54) is 23.1 Å². The molecule has 0 fully saturated rings. The van der Waals surface area contributed by atoms with Crippen LogP contribution in [0.15, 0.2) is 58.3 Å². The normalized spacial score (nSPS) is 11.4. The van der Waals surface area contributed by atoms with Gasteiger partial charge < -0.3 is 0 Å². The number of aromatic nitrogens is 7. The Hall–Kier alpha value is -2.91. The Balaban J connectivity index is 1.66. The molecule has 0 amide bonds. The second-order valence-corrected chi connectivity index (χ2v) is 7.11. The first-order valence-corrected chi connectivity index (χ1v) is 9.05. The van der Waals surface area contributed by atoms with Crippen LogP contribution in [0.2, 0.25) is 0 Å². The second kappa shape index (κ2) is 5.87. The molecule has 0 unspecified atom stereocenters. The highest BCUT2D eigenvalue weighted by atomic mass is 32.2. The molecule has 7 nitrogen and oxygen atoms in total. The summed E-state index contributed by atoms with van der Waals surface area (Å²) in [5.41, 5.74) is 5.19. The lowest BCUT2D eigenvalue weighted by molar-refractivity contribution is 0.911. The summed E-state index contributed by atoms with van der Waals surface area (Å²) in [7, 11) is 0. The largest absolute Gasteiger partial charge is 0.243 e. The molecule has 25 heavy (non-hydrogen) atoms. The highest BCUT2D eigenvalue weighted by Crippen LogP contribution is 2.32. The van der Waals surface area contributed by atoms with Crippen molar-refractivity contribution in [3.05, 3.63) is 48.4 Å². The summed E-state index contributed by atoms with van der Waals surface area (Å²) in [6, 6.07) is 9.96. The van der Waals surface area contributed by atoms with Crippen molar-refractivity contribution in [3.63, 3.8) is 0 Å². The molecule has 0 aliphatic heterocycles. The zero-order chi connectivity index (χ0) is 16.6. The van der Waals surface area contributed by atoms with Crippen molar-refractivity contribution in [2.75, 3.05) is 0 Å². The van der Waals surface area contributed by atoms with Crippen molar-refractivity contribution >= 4 is 44.3 Å². The van der Waals surface area contributed by atoms with E-state index < -0.39 is 0 Å². The summed E-state index contributed by atoms with van der Waals surface area (Å²) in [6.45, 7) is 0. The Morgan fingerprint density at radius 2 is 1.96 bits per heavy atom. The van der Waals surface area contributed by atoms with E-state index in [1.54, 1.807) is 18.0 Å². The summed E-state index contributed by atoms with van der Waals surface area (Å²) in [5, 5.41) is 12.3. The lowest BCUT2D eigenvalue weighted by atomic mass is 10.1. The predicted octanol–water partition coefficient (Wildman–Crippen LogP) is 3.57. The highest BCUT2D eigenvalue weighted by molar-refractivity contribution is 7.99. The standard InChI is InChI=1S/C16H9N7S2/c1-2-11-10(5-9(1)25-14-6-20-23-22-14)15(18-7-17-11)12-3-4-13-16(21-12)24-8-19-13/h1-8H,(H,20,22,23). The van der Waals surface area contributed by atoms with Gasteiger partial charge in [0.05, 0.1) is 34.1 Å². The molecule has 1 aromatic carbocycles. The summed E-state index contributed by atoms with van der Waals surface area (Å²) >= 11 is 3.05. The predicted molar refractivity (Wildman–Crippen MR) is 96.5 cm³/mol. The molecule has 0 saturated heterocycles. The van der Waals surface area contributed by atoms with Gasteiger partial charge in [-0.15, -0.1) is 16.4 Å². The minimum absolute atomic E-state index is 0.807. The van der Waals surface area contributed by atoms with E-state index >= 15 is 0 Å². The number of rotatable bonds is 3. The number of nitrogens with zero attached hydrogens (tertiary/aromatic N) is 6. The number of hydrogen-bond acceptors (Lipinski definition) is 8. The highest BCUT2D eigenvalue weighted by Gasteiger charge is 2.11. The minimum atomic E-state index is 0.807. The van der Waals surface area contributed by atoms with E-state index in [1.807, 2.05) is 24.3 Å². The van der Waals surface area contributed by atoms with Gasteiger partial charge in [0.15, 0.2) is 0 Å². The molecule has 0 saturated carbocycles. The molecule has 0 atom stereocenters. The molecule has 4 heterocycles. The van der Waals surface area contributed by atoms with Crippen molar-refractivity contribution < 1.29 is 0 Å². The van der Waals surface area contributed by atoms with Gasteiger partial charge in [0, 0.05) is 10.3 Å². The minimum Gasteiger partial charge on any atom is -0.243 e. The summed E-state index contributed by atoms with van der Waals surface area (Å²) < 4.78 is 0. The van der Waals surface area contributed by atoms with Crippen molar-refractivity contribution in [1.29, 1.82) is 0 Å². The third-order valence-electron chi connectivity index (χ3n) is 3.66. The Morgan fingerprint density at radius 3 is 2.88 bits per heavy atom. The smallest absolute Gasteiger partial charge is 0.143 e. The number of pyridine rings is 1. The molecule has 9 heteroatoms. The Kier molecular flexibility index (Phi) is 3.39. The van der Waals surface area contributed by atoms with Gasteiger partial charge in [0.1, 0.15) is 16.2 Å². The van der Waals surface area contributed by atoms with Gasteiger partial charge in [-0.25, -0.2) is 19.9 Å². The molecular formula is C16H9N7S2. The third-order valence-corrected chi connectivity index (χ3v) is 5.29. The monoisotopic (exact) mass is 363 g/mol. The van der Waals surface area contributed by atoms with Crippen molar-refractivity contribution in [2.45, 2.75) is 9.92 Å². The quantitative estimate of drug-likeness (QED) is 0.524. The fourth-order valence-electron chi connectivity index (χ4n) is 2.55. The number of H-pyrrole nitrogens is 1. The van der Waals surface area contributed by atoms with Gasteiger partial charge in [0.25, 0.3) is 0 Å². The van der Waals surface area contributed by atoms with E-state index in [9.17, 15) is 0 Å². The van der Waals surface area contributed by atoms with Crippen LogP contribution in [0.4, 0.5) is 0 Å². The molecule has 4 aromatic heterocycles. The molecule has 0 radical (unpaired) electrons. The van der Waals surface area contributed by atoms with E-state index in [0.717, 1.165) is 42.6 Å². The van der Waals surface area contributed by atoms with Gasteiger partial charge >= 0.3 is 0 Å². The Morgan fingerprint density at radius 1 is 1.00 bits per heavy atom. The van der Waals surface area contributed by atoms with Crippen LogP contribution in [0.5, 0.6) is 0 Å². The molecule has 1 N–H and O–H groups in total. The number of fused-ring (bicyclic) bond motifs is 2. The van der Waals surface area contributed by atoms with Crippen LogP contribution in [-0.2, 0) is 0 Å². The number of nitrogens with one attached hydrogen (secondary N) is 1. The first-order valence-electron chi connectivity index (χ1n) is 7.36. The molecule has 0 aliphatic carbocycles. The second-order valence-electron chi connectivity index (χ2n) is 5.18. The number of hydrogen-bond donors (Lipinski definition) is 1. The lowest BCUT2D eigenvalue weighted by Crippen LogP contribution is -1.92. The lowest BCUT2D eigenvalue weighted by Gasteiger charge is -2.06. The van der Waals surface area contributed by atoms with E-state index in [4.69, 9.17) is 4.98 Å². The van der Waals surface area contributed by atoms with Gasteiger partial charge in [-0.1, -0.05) is 11.8 Å².